The molecular formula is C24H19F2N7O4S. The molecule has 1 fully saturated rings. The van der Waals surface area contributed by atoms with Crippen molar-refractivity contribution in [1.29, 1.82) is 0 Å². The maximum absolute atomic E-state index is 15.2. The van der Waals surface area contributed by atoms with Gasteiger partial charge in [0.1, 0.15) is 35.7 Å². The highest BCUT2D eigenvalue weighted by Gasteiger charge is 2.70. The molecule has 6 rings (SSSR count). The molecule has 14 heteroatoms. The number of nitrogens with one attached hydrogen (secondary N) is 1. The van der Waals surface area contributed by atoms with Crippen molar-refractivity contribution in [2.24, 2.45) is 16.6 Å². The van der Waals surface area contributed by atoms with Gasteiger partial charge in [-0.2, -0.15) is 0 Å². The molecule has 0 radical (unpaired) electrons. The van der Waals surface area contributed by atoms with Crippen LogP contribution in [-0.4, -0.2) is 37.7 Å². The van der Waals surface area contributed by atoms with Crippen LogP contribution in [0.15, 0.2) is 69.5 Å². The molecule has 4 heterocycles. The monoisotopic (exact) mass is 539 g/mol. The van der Waals surface area contributed by atoms with Gasteiger partial charge in [0, 0.05) is 17.2 Å². The number of halogens is 2. The van der Waals surface area contributed by atoms with E-state index in [0.717, 1.165) is 6.07 Å². The molecule has 0 unspecified atom stereocenters. The lowest BCUT2D eigenvalue weighted by atomic mass is 9.84. The average Bonchev–Trinajstić information content (AvgIpc) is 3.30. The van der Waals surface area contributed by atoms with Crippen LogP contribution in [0, 0.1) is 11.7 Å². The molecule has 1 aliphatic carbocycles. The van der Waals surface area contributed by atoms with Crippen molar-refractivity contribution in [3.05, 3.63) is 84.4 Å². The Labute approximate surface area is 217 Å². The molecule has 0 spiro atoms. The van der Waals surface area contributed by atoms with E-state index in [9.17, 15) is 9.18 Å². The van der Waals surface area contributed by atoms with Gasteiger partial charge in [-0.1, -0.05) is 11.8 Å². The van der Waals surface area contributed by atoms with Gasteiger partial charge in [-0.15, -0.1) is 0 Å². The summed E-state index contributed by atoms with van der Waals surface area (Å²) in [5, 5.41) is 2.76. The zero-order chi connectivity index (χ0) is 26.3. The van der Waals surface area contributed by atoms with E-state index in [0.29, 0.717) is 18.1 Å². The van der Waals surface area contributed by atoms with Crippen molar-refractivity contribution < 1.29 is 27.1 Å². The molecule has 38 heavy (non-hydrogen) atoms. The number of rotatable bonds is 8. The summed E-state index contributed by atoms with van der Waals surface area (Å²) in [4.78, 5) is 33.2. The molecule has 1 amide bonds. The quantitative estimate of drug-likeness (QED) is 0.340. The van der Waals surface area contributed by atoms with Crippen LogP contribution in [0.2, 0.25) is 0 Å². The van der Waals surface area contributed by atoms with Crippen molar-refractivity contribution in [2.45, 2.75) is 23.3 Å². The van der Waals surface area contributed by atoms with E-state index in [2.05, 4.69) is 30.2 Å². The second-order valence-corrected chi connectivity index (χ2v) is 10.1. The van der Waals surface area contributed by atoms with E-state index in [4.69, 9.17) is 19.3 Å². The molecular weight excluding hydrogens is 520 g/mol. The fourth-order valence-electron chi connectivity index (χ4n) is 4.68. The Bertz CT molecular complexity index is 1500. The zero-order valence-electron chi connectivity index (χ0n) is 19.5. The smallest absolute Gasteiger partial charge is 0.275 e. The maximum Gasteiger partial charge on any atom is 0.275 e. The first-order valence-electron chi connectivity index (χ1n) is 11.4. The second kappa shape index (κ2) is 9.20. The molecule has 3 N–H and O–H groups in total. The number of nitrogens with two attached hydrogens (primary N) is 1. The second-order valence-electron chi connectivity index (χ2n) is 8.73. The normalized spacial score (nSPS) is 23.8. The SMILES string of the molecule is NC1=N[C@](CF)(c2cc(NC(=O)c3cnc(OCc4ncco4)cn3)ccc2F)[C@@H]2C[C@]2(c2cnco2)S1. The third-order valence-electron chi connectivity index (χ3n) is 6.51. The summed E-state index contributed by atoms with van der Waals surface area (Å²) in [5.74, 6) is -0.652. The predicted octanol–water partition coefficient (Wildman–Crippen LogP) is 3.56. The lowest BCUT2D eigenvalue weighted by molar-refractivity contribution is 0.102. The number of benzene rings is 1. The maximum atomic E-state index is 15.2. The van der Waals surface area contributed by atoms with Crippen molar-refractivity contribution in [1.82, 2.24) is 19.9 Å². The number of hydrogen-bond donors (Lipinski definition) is 2. The van der Waals surface area contributed by atoms with Crippen LogP contribution in [0.1, 0.15) is 34.1 Å². The number of fused-ring (bicyclic) bond motifs is 1. The van der Waals surface area contributed by atoms with E-state index in [1.54, 1.807) is 6.20 Å². The fourth-order valence-corrected chi connectivity index (χ4v) is 6.05. The fraction of sp³-hybridized carbons (Fsp3) is 0.250. The summed E-state index contributed by atoms with van der Waals surface area (Å²) in [5.41, 5.74) is 4.70. The lowest BCUT2D eigenvalue weighted by Gasteiger charge is -2.34. The van der Waals surface area contributed by atoms with Gasteiger partial charge in [-0.3, -0.25) is 4.79 Å². The van der Waals surface area contributed by atoms with E-state index in [1.807, 2.05) is 0 Å². The minimum absolute atomic E-state index is 0.0117. The molecule has 1 aliphatic heterocycles. The number of alkyl halides is 1. The minimum atomic E-state index is -1.59. The first-order valence-corrected chi connectivity index (χ1v) is 12.2. The topological polar surface area (TPSA) is 155 Å². The third kappa shape index (κ3) is 4.06. The summed E-state index contributed by atoms with van der Waals surface area (Å²) in [6.07, 6.45) is 8.71. The number of ether oxygens (including phenoxy) is 1. The van der Waals surface area contributed by atoms with Crippen molar-refractivity contribution in [3.8, 4) is 5.88 Å². The summed E-state index contributed by atoms with van der Waals surface area (Å²) in [7, 11) is 0. The number of thioether (sulfide) groups is 1. The number of nitrogens with zero attached hydrogens (tertiary/aromatic N) is 5. The van der Waals surface area contributed by atoms with Crippen LogP contribution in [0.25, 0.3) is 0 Å². The van der Waals surface area contributed by atoms with Gasteiger partial charge in [0.2, 0.25) is 11.8 Å². The van der Waals surface area contributed by atoms with Crippen molar-refractivity contribution in [3.63, 3.8) is 0 Å². The number of amides is 1. The molecule has 3 aromatic heterocycles. The summed E-state index contributed by atoms with van der Waals surface area (Å²) < 4.78 is 45.3. The van der Waals surface area contributed by atoms with Crippen LogP contribution >= 0.6 is 11.8 Å². The van der Waals surface area contributed by atoms with Gasteiger partial charge in [-0.25, -0.2) is 33.7 Å². The Hall–Kier alpha value is -4.33. The van der Waals surface area contributed by atoms with Gasteiger partial charge in [0.25, 0.3) is 5.91 Å². The number of carbonyl (C=O) groups is 1. The molecule has 4 aromatic rings. The third-order valence-corrected chi connectivity index (χ3v) is 7.83. The molecule has 2 aliphatic rings. The Morgan fingerprint density at radius 2 is 2.13 bits per heavy atom. The number of oxazole rings is 2. The Morgan fingerprint density at radius 1 is 1.24 bits per heavy atom. The molecule has 194 valence electrons. The van der Waals surface area contributed by atoms with Crippen LogP contribution in [0.3, 0.4) is 0 Å². The minimum Gasteiger partial charge on any atom is -0.467 e. The molecule has 1 saturated carbocycles. The van der Waals surface area contributed by atoms with Gasteiger partial charge < -0.3 is 24.6 Å². The number of anilines is 1. The van der Waals surface area contributed by atoms with Crippen LogP contribution in [0.4, 0.5) is 14.5 Å². The Balaban J connectivity index is 1.23. The predicted molar refractivity (Wildman–Crippen MR) is 130 cm³/mol. The highest BCUT2D eigenvalue weighted by atomic mass is 32.2. The molecule has 0 saturated heterocycles. The largest absolute Gasteiger partial charge is 0.467 e. The lowest BCUT2D eigenvalue weighted by Crippen LogP contribution is -2.39. The average molecular weight is 540 g/mol. The van der Waals surface area contributed by atoms with Gasteiger partial charge >= 0.3 is 0 Å². The summed E-state index contributed by atoms with van der Waals surface area (Å²) in [6, 6.07) is 3.88. The zero-order valence-corrected chi connectivity index (χ0v) is 20.3. The van der Waals surface area contributed by atoms with Gasteiger partial charge in [0.15, 0.2) is 18.2 Å². The van der Waals surface area contributed by atoms with Crippen LogP contribution in [0.5, 0.6) is 5.88 Å². The molecule has 3 atom stereocenters. The Kier molecular flexibility index (Phi) is 5.82. The Morgan fingerprint density at radius 3 is 2.84 bits per heavy atom. The first-order chi connectivity index (χ1) is 18.4. The highest BCUT2D eigenvalue weighted by molar-refractivity contribution is 8.14. The molecule has 11 nitrogen and oxygen atoms in total. The van der Waals surface area contributed by atoms with Gasteiger partial charge in [-0.05, 0) is 24.6 Å². The van der Waals surface area contributed by atoms with E-state index in [1.165, 1.54) is 55.1 Å². The standard InChI is InChI=1S/C24H19F2N7O4S/c25-11-23(17-6-24(17,38-22(27)33-23)18-8-28-12-37-18)14-5-13(1-2-15(14)26)32-21(34)16-7-31-19(9-30-16)36-10-20-29-3-4-35-20/h1-5,7-9,12,17H,6,10-11H2,(H2,27,33)(H,32,34)/t17-,23+,24-/m0/s1. The summed E-state index contributed by atoms with van der Waals surface area (Å²) >= 11 is 1.26. The van der Waals surface area contributed by atoms with E-state index < -0.39 is 34.6 Å². The van der Waals surface area contributed by atoms with Crippen LogP contribution < -0.4 is 15.8 Å². The first kappa shape index (κ1) is 24.0. The molecule has 1 aromatic carbocycles. The number of hydrogen-bond acceptors (Lipinski definition) is 11. The van der Waals surface area contributed by atoms with Crippen molar-refractivity contribution >= 4 is 28.5 Å². The summed E-state index contributed by atoms with van der Waals surface area (Å²) in [6.45, 7) is -0.949. The van der Waals surface area contributed by atoms with E-state index in [-0.39, 0.29) is 34.6 Å². The number of aromatic nitrogens is 4. The van der Waals surface area contributed by atoms with Crippen molar-refractivity contribution in [2.75, 3.05) is 12.0 Å². The van der Waals surface area contributed by atoms with Crippen LogP contribution in [-0.2, 0) is 16.9 Å². The number of amidine groups is 1. The van der Waals surface area contributed by atoms with Gasteiger partial charge in [0.05, 0.1) is 29.5 Å². The highest BCUT2D eigenvalue weighted by Crippen LogP contribution is 2.71. The number of aliphatic imine (C=N–C) groups is 1. The molecule has 0 bridgehead atoms. The number of carbonyl (C=O) groups excluding carboxylic acids is 1. The van der Waals surface area contributed by atoms with E-state index >= 15 is 4.39 Å².